The summed E-state index contributed by atoms with van der Waals surface area (Å²) < 4.78 is 26.6. The van der Waals surface area contributed by atoms with E-state index in [1.165, 1.54) is 0 Å². The lowest BCUT2D eigenvalue weighted by Gasteiger charge is -2.32. The van der Waals surface area contributed by atoms with E-state index in [2.05, 4.69) is 4.98 Å². The quantitative estimate of drug-likeness (QED) is 0.705. The fourth-order valence-corrected chi connectivity index (χ4v) is 5.98. The van der Waals surface area contributed by atoms with Gasteiger partial charge in [-0.2, -0.15) is 0 Å². The highest BCUT2D eigenvalue weighted by atomic mass is 35.5. The Kier molecular flexibility index (Phi) is 5.19. The van der Waals surface area contributed by atoms with Crippen molar-refractivity contribution in [3.63, 3.8) is 0 Å². The van der Waals surface area contributed by atoms with Crippen LogP contribution in [0.3, 0.4) is 0 Å². The first-order valence-corrected chi connectivity index (χ1v) is 12.0. The number of nitrogens with zero attached hydrogens (tertiary/aromatic N) is 3. The molecule has 2 aliphatic rings. The Bertz CT molecular complexity index is 1110. The highest BCUT2D eigenvalue weighted by Crippen LogP contribution is 2.43. The Balaban J connectivity index is 1.65. The summed E-state index contributed by atoms with van der Waals surface area (Å²) in [6, 6.07) is 7.31. The lowest BCUT2D eigenvalue weighted by molar-refractivity contribution is 0.0982. The van der Waals surface area contributed by atoms with Crippen LogP contribution in [0, 0.1) is 0 Å². The molecule has 0 saturated carbocycles. The van der Waals surface area contributed by atoms with Gasteiger partial charge in [-0.15, -0.1) is 0 Å². The average Bonchev–Trinajstić information content (AvgIpc) is 3.25. The number of hydrogen-bond acceptors (Lipinski definition) is 4. The maximum atomic E-state index is 13.2. The molecule has 1 saturated heterocycles. The normalized spacial score (nSPS) is 21.5. The monoisotopic (exact) mass is 447 g/mol. The summed E-state index contributed by atoms with van der Waals surface area (Å²) in [5.41, 5.74) is 2.62. The number of pyridine rings is 1. The van der Waals surface area contributed by atoms with Gasteiger partial charge in [0.15, 0.2) is 0 Å². The Morgan fingerprint density at radius 2 is 1.93 bits per heavy atom. The van der Waals surface area contributed by atoms with Crippen LogP contribution >= 0.6 is 11.6 Å². The summed E-state index contributed by atoms with van der Waals surface area (Å²) in [5, 5.41) is 0.162. The van der Waals surface area contributed by atoms with E-state index in [0.717, 1.165) is 17.5 Å². The van der Waals surface area contributed by atoms with E-state index < -0.39 is 20.8 Å². The fraction of sp³-hybridized carbons (Fsp3) is 0.455. The number of rotatable bonds is 4. The molecular formula is C22H26ClN3O3S. The number of carbonyl (C=O) groups excluding carboxylic acids is 1. The van der Waals surface area contributed by atoms with Gasteiger partial charge in [0.05, 0.1) is 22.7 Å². The molecule has 1 amide bonds. The van der Waals surface area contributed by atoms with E-state index in [0.29, 0.717) is 29.4 Å². The summed E-state index contributed by atoms with van der Waals surface area (Å²) in [6.07, 6.45) is 4.20. The topological polar surface area (TPSA) is 70.6 Å². The number of amides is 1. The molecule has 1 unspecified atom stereocenters. The van der Waals surface area contributed by atoms with Crippen LogP contribution in [-0.4, -0.2) is 42.0 Å². The molecule has 160 valence electrons. The lowest BCUT2D eigenvalue weighted by Crippen LogP contribution is -2.39. The molecule has 1 fully saturated rings. The number of anilines is 1. The van der Waals surface area contributed by atoms with Crippen molar-refractivity contribution < 1.29 is 13.2 Å². The summed E-state index contributed by atoms with van der Waals surface area (Å²) in [6.45, 7) is 8.34. The summed E-state index contributed by atoms with van der Waals surface area (Å²) >= 11 is 6.18. The predicted octanol–water partition coefficient (Wildman–Crippen LogP) is 4.16. The molecule has 1 atom stereocenters. The minimum absolute atomic E-state index is 0.0589. The molecule has 8 heteroatoms. The van der Waals surface area contributed by atoms with Gasteiger partial charge in [0.25, 0.3) is 5.91 Å². The summed E-state index contributed by atoms with van der Waals surface area (Å²) in [5.74, 6) is -0.0235. The van der Waals surface area contributed by atoms with Crippen molar-refractivity contribution in [3.8, 4) is 0 Å². The minimum Gasteiger partial charge on any atom is -0.297 e. The van der Waals surface area contributed by atoms with E-state index in [4.69, 9.17) is 11.6 Å². The number of halogens is 1. The second kappa shape index (κ2) is 7.32. The molecular weight excluding hydrogens is 422 g/mol. The molecule has 4 rings (SSSR count). The molecule has 0 bridgehead atoms. The number of aromatic nitrogens is 1. The minimum atomic E-state index is -3.28. The second-order valence-corrected chi connectivity index (χ2v) is 11.7. The molecule has 0 radical (unpaired) electrons. The van der Waals surface area contributed by atoms with Crippen LogP contribution in [0.1, 0.15) is 61.5 Å². The second-order valence-electron chi connectivity index (χ2n) is 8.80. The maximum absolute atomic E-state index is 13.2. The van der Waals surface area contributed by atoms with Crippen molar-refractivity contribution in [2.24, 2.45) is 0 Å². The van der Waals surface area contributed by atoms with Crippen molar-refractivity contribution >= 4 is 33.2 Å². The van der Waals surface area contributed by atoms with Crippen LogP contribution in [-0.2, 0) is 15.6 Å². The smallest absolute Gasteiger partial charge is 0.259 e. The van der Waals surface area contributed by atoms with Crippen molar-refractivity contribution in [1.29, 1.82) is 0 Å². The van der Waals surface area contributed by atoms with Gasteiger partial charge >= 0.3 is 0 Å². The van der Waals surface area contributed by atoms with Crippen LogP contribution < -0.4 is 4.90 Å². The highest BCUT2D eigenvalue weighted by molar-refractivity contribution is 7.89. The van der Waals surface area contributed by atoms with E-state index in [9.17, 15) is 13.2 Å². The van der Waals surface area contributed by atoms with Crippen LogP contribution in [0.5, 0.6) is 0 Å². The SMILES string of the molecule is CC(C)S(=O)(=O)N1CCC(c2cncc(N3C(=O)c4ccc(Cl)cc4C3(C)C)c2)C1. The molecule has 30 heavy (non-hydrogen) atoms. The van der Waals surface area contributed by atoms with E-state index in [-0.39, 0.29) is 11.8 Å². The molecule has 0 aliphatic carbocycles. The Morgan fingerprint density at radius 3 is 2.63 bits per heavy atom. The maximum Gasteiger partial charge on any atom is 0.259 e. The van der Waals surface area contributed by atoms with Crippen molar-refractivity contribution in [2.75, 3.05) is 18.0 Å². The first-order valence-electron chi connectivity index (χ1n) is 10.1. The van der Waals surface area contributed by atoms with E-state index in [1.54, 1.807) is 47.6 Å². The van der Waals surface area contributed by atoms with E-state index in [1.807, 2.05) is 26.0 Å². The van der Waals surface area contributed by atoms with Crippen LogP contribution in [0.25, 0.3) is 0 Å². The van der Waals surface area contributed by atoms with Crippen LogP contribution in [0.15, 0.2) is 36.7 Å². The van der Waals surface area contributed by atoms with Gasteiger partial charge in [-0.1, -0.05) is 11.6 Å². The van der Waals surface area contributed by atoms with Gasteiger partial charge in [0.1, 0.15) is 0 Å². The number of fused-ring (bicyclic) bond motifs is 1. The predicted molar refractivity (Wildman–Crippen MR) is 119 cm³/mol. The Labute approximate surface area is 182 Å². The summed E-state index contributed by atoms with van der Waals surface area (Å²) in [4.78, 5) is 19.3. The third-order valence-corrected chi connectivity index (χ3v) is 8.69. The highest BCUT2D eigenvalue weighted by Gasteiger charge is 2.44. The molecule has 6 nitrogen and oxygen atoms in total. The molecule has 0 spiro atoms. The van der Waals surface area contributed by atoms with Crippen LogP contribution in [0.2, 0.25) is 5.02 Å². The number of hydrogen-bond donors (Lipinski definition) is 0. The number of carbonyl (C=O) groups is 1. The zero-order valence-corrected chi connectivity index (χ0v) is 19.2. The number of benzene rings is 1. The zero-order chi connectivity index (χ0) is 21.8. The molecule has 3 heterocycles. The zero-order valence-electron chi connectivity index (χ0n) is 17.6. The average molecular weight is 448 g/mol. The van der Waals surface area contributed by atoms with Gasteiger partial charge in [-0.05, 0) is 69.5 Å². The fourth-order valence-electron chi connectivity index (χ4n) is 4.46. The van der Waals surface area contributed by atoms with Gasteiger partial charge in [0.2, 0.25) is 10.0 Å². The van der Waals surface area contributed by atoms with E-state index >= 15 is 0 Å². The Hall–Kier alpha value is -1.96. The first-order chi connectivity index (χ1) is 14.0. The van der Waals surface area contributed by atoms with Crippen molar-refractivity contribution in [1.82, 2.24) is 9.29 Å². The van der Waals surface area contributed by atoms with Crippen LogP contribution in [0.4, 0.5) is 5.69 Å². The standard InChI is InChI=1S/C22H26ClN3O3S/c1-14(2)30(28,29)25-8-7-15(13-25)16-9-18(12-24-11-16)26-21(27)19-6-5-17(23)10-20(19)22(26,3)4/h5-6,9-12,14-15H,7-8,13H2,1-4H3. The molecule has 1 aromatic carbocycles. The largest absolute Gasteiger partial charge is 0.297 e. The summed E-state index contributed by atoms with van der Waals surface area (Å²) in [7, 11) is -3.28. The van der Waals surface area contributed by atoms with Gasteiger partial charge in [-0.25, -0.2) is 12.7 Å². The number of sulfonamides is 1. The van der Waals surface area contributed by atoms with Gasteiger partial charge in [-0.3, -0.25) is 14.7 Å². The first kappa shape index (κ1) is 21.3. The molecule has 2 aromatic rings. The molecule has 2 aliphatic heterocycles. The molecule has 1 aromatic heterocycles. The lowest BCUT2D eigenvalue weighted by atomic mass is 9.93. The van der Waals surface area contributed by atoms with Gasteiger partial charge in [0, 0.05) is 35.8 Å². The van der Waals surface area contributed by atoms with Crippen molar-refractivity contribution in [2.45, 2.75) is 50.8 Å². The van der Waals surface area contributed by atoms with Crippen molar-refractivity contribution in [3.05, 3.63) is 58.4 Å². The third kappa shape index (κ3) is 3.33. The third-order valence-electron chi connectivity index (χ3n) is 6.21. The molecule has 0 N–H and O–H groups in total. The Morgan fingerprint density at radius 1 is 1.20 bits per heavy atom. The van der Waals surface area contributed by atoms with Gasteiger partial charge < -0.3 is 0 Å².